The molecule has 4 N–H and O–H groups in total. The van der Waals surface area contributed by atoms with E-state index < -0.39 is 0 Å². The van der Waals surface area contributed by atoms with Crippen LogP contribution in [0.4, 0.5) is 10.2 Å². The van der Waals surface area contributed by atoms with Crippen molar-refractivity contribution in [1.82, 2.24) is 9.97 Å². The molecule has 1 rings (SSSR count). The van der Waals surface area contributed by atoms with Crippen molar-refractivity contribution in [3.8, 4) is 0 Å². The van der Waals surface area contributed by atoms with Gasteiger partial charge in [-0.25, -0.2) is 14.4 Å². The van der Waals surface area contributed by atoms with Gasteiger partial charge in [-0.15, -0.1) is 0 Å². The average Bonchev–Trinajstić information content (AvgIpc) is 2.29. The van der Waals surface area contributed by atoms with Crippen molar-refractivity contribution < 1.29 is 4.39 Å². The van der Waals surface area contributed by atoms with Gasteiger partial charge < -0.3 is 16.4 Å². The van der Waals surface area contributed by atoms with E-state index in [1.54, 1.807) is 4.90 Å². The van der Waals surface area contributed by atoms with Gasteiger partial charge in [-0.3, -0.25) is 0 Å². The predicted octanol–water partition coefficient (Wildman–Crippen LogP) is -0.0981. The lowest BCUT2D eigenvalue weighted by Gasteiger charge is -2.22. The maximum absolute atomic E-state index is 13.9. The second-order valence-electron chi connectivity index (χ2n) is 3.38. The van der Waals surface area contributed by atoms with Crippen LogP contribution in [0.2, 0.25) is 0 Å². The number of nitrogens with two attached hydrogens (primary N) is 2. The number of rotatable bonds is 6. The molecule has 0 aliphatic heterocycles. The molecule has 0 aliphatic rings. The summed E-state index contributed by atoms with van der Waals surface area (Å²) in [6, 6.07) is 0. The largest absolute Gasteiger partial charge is 0.352 e. The maximum Gasteiger partial charge on any atom is 0.187 e. The molecule has 1 aromatic rings. The lowest BCUT2D eigenvalue weighted by atomic mass is 10.3. The van der Waals surface area contributed by atoms with E-state index >= 15 is 0 Å². The van der Waals surface area contributed by atoms with Crippen LogP contribution in [0.1, 0.15) is 12.6 Å². The topological polar surface area (TPSA) is 81.1 Å². The minimum Gasteiger partial charge on any atom is -0.352 e. The van der Waals surface area contributed by atoms with E-state index in [2.05, 4.69) is 9.97 Å². The summed E-state index contributed by atoms with van der Waals surface area (Å²) in [5.74, 6) is -0.0744. The van der Waals surface area contributed by atoms with Crippen molar-refractivity contribution in [2.24, 2.45) is 11.5 Å². The molecule has 0 radical (unpaired) electrons. The van der Waals surface area contributed by atoms with Crippen LogP contribution in [0.5, 0.6) is 0 Å². The zero-order valence-electron chi connectivity index (χ0n) is 9.49. The van der Waals surface area contributed by atoms with Gasteiger partial charge in [-0.05, 0) is 6.42 Å². The van der Waals surface area contributed by atoms with Crippen LogP contribution in [0.25, 0.3) is 0 Å². The molecule has 0 fully saturated rings. The summed E-state index contributed by atoms with van der Waals surface area (Å²) in [4.78, 5) is 9.58. The Hall–Kier alpha value is -1.27. The Morgan fingerprint density at radius 1 is 1.25 bits per heavy atom. The molecule has 0 saturated carbocycles. The normalized spacial score (nSPS) is 10.5. The van der Waals surface area contributed by atoms with Gasteiger partial charge in [0, 0.05) is 26.2 Å². The van der Waals surface area contributed by atoms with Crippen LogP contribution in [-0.2, 0) is 6.42 Å². The van der Waals surface area contributed by atoms with Gasteiger partial charge in [0.2, 0.25) is 0 Å². The van der Waals surface area contributed by atoms with E-state index in [0.717, 1.165) is 0 Å². The molecule has 0 aromatic carbocycles. The molecule has 16 heavy (non-hydrogen) atoms. The molecule has 0 unspecified atom stereocenters. The number of aromatic nitrogens is 2. The highest BCUT2D eigenvalue weighted by atomic mass is 19.1. The lowest BCUT2D eigenvalue weighted by molar-refractivity contribution is 0.582. The van der Waals surface area contributed by atoms with Crippen LogP contribution in [0.15, 0.2) is 6.33 Å². The molecule has 90 valence electrons. The second kappa shape index (κ2) is 6.34. The van der Waals surface area contributed by atoms with E-state index in [9.17, 15) is 4.39 Å². The van der Waals surface area contributed by atoms with E-state index in [0.29, 0.717) is 44.1 Å². The first-order valence-corrected chi connectivity index (χ1v) is 5.39. The SMILES string of the molecule is CCc1ncnc(N(CCN)CCN)c1F. The molecule has 0 spiro atoms. The van der Waals surface area contributed by atoms with Gasteiger partial charge in [-0.2, -0.15) is 0 Å². The highest BCUT2D eigenvalue weighted by Gasteiger charge is 2.15. The summed E-state index contributed by atoms with van der Waals surface area (Å²) in [6.45, 7) is 3.80. The van der Waals surface area contributed by atoms with Crippen LogP contribution >= 0.6 is 0 Å². The molecule has 0 saturated heterocycles. The van der Waals surface area contributed by atoms with Crippen molar-refractivity contribution in [1.29, 1.82) is 0 Å². The molecule has 0 aliphatic carbocycles. The highest BCUT2D eigenvalue weighted by Crippen LogP contribution is 2.17. The van der Waals surface area contributed by atoms with Crippen molar-refractivity contribution >= 4 is 5.82 Å². The first-order chi connectivity index (χ1) is 7.74. The first kappa shape index (κ1) is 12.8. The number of aryl methyl sites for hydroxylation is 1. The third kappa shape index (κ3) is 2.86. The standard InChI is InChI=1S/C10H18FN5/c1-2-8-9(11)10(15-7-14-8)16(5-3-12)6-4-13/h7H,2-6,12-13H2,1H3. The molecule has 0 bridgehead atoms. The Balaban J connectivity index is 2.98. The minimum absolute atomic E-state index is 0.294. The van der Waals surface area contributed by atoms with Crippen molar-refractivity contribution in [2.45, 2.75) is 13.3 Å². The molecule has 0 amide bonds. The average molecular weight is 227 g/mol. The fourth-order valence-electron chi connectivity index (χ4n) is 1.50. The fourth-order valence-corrected chi connectivity index (χ4v) is 1.50. The molecular formula is C10H18FN5. The second-order valence-corrected chi connectivity index (χ2v) is 3.38. The number of halogens is 1. The molecular weight excluding hydrogens is 209 g/mol. The molecule has 6 heteroatoms. The summed E-state index contributed by atoms with van der Waals surface area (Å²) in [5.41, 5.74) is 11.4. The van der Waals surface area contributed by atoms with Crippen LogP contribution < -0.4 is 16.4 Å². The monoisotopic (exact) mass is 227 g/mol. The van der Waals surface area contributed by atoms with Crippen molar-refractivity contribution in [3.05, 3.63) is 17.8 Å². The zero-order chi connectivity index (χ0) is 12.0. The zero-order valence-corrected chi connectivity index (χ0v) is 9.49. The fraction of sp³-hybridized carbons (Fsp3) is 0.600. The summed E-state index contributed by atoms with van der Waals surface area (Å²) >= 11 is 0. The molecule has 1 heterocycles. The number of hydrogen-bond acceptors (Lipinski definition) is 5. The van der Waals surface area contributed by atoms with E-state index in [1.165, 1.54) is 6.33 Å². The number of nitrogens with zero attached hydrogens (tertiary/aromatic N) is 3. The Labute approximate surface area is 94.7 Å². The quantitative estimate of drug-likeness (QED) is 0.709. The third-order valence-corrected chi connectivity index (χ3v) is 2.28. The van der Waals surface area contributed by atoms with Gasteiger partial charge in [0.05, 0.1) is 5.69 Å². The summed E-state index contributed by atoms with van der Waals surface area (Å²) in [7, 11) is 0. The Kier molecular flexibility index (Phi) is 5.07. The lowest BCUT2D eigenvalue weighted by Crippen LogP contribution is -2.35. The minimum atomic E-state index is -0.369. The summed E-state index contributed by atoms with van der Waals surface area (Å²) in [6.07, 6.45) is 1.91. The summed E-state index contributed by atoms with van der Waals surface area (Å²) < 4.78 is 13.9. The smallest absolute Gasteiger partial charge is 0.187 e. The maximum atomic E-state index is 13.9. The Bertz CT molecular complexity index is 325. The van der Waals surface area contributed by atoms with E-state index in [4.69, 9.17) is 11.5 Å². The predicted molar refractivity (Wildman–Crippen MR) is 61.7 cm³/mol. The number of hydrogen-bond donors (Lipinski definition) is 2. The third-order valence-electron chi connectivity index (χ3n) is 2.28. The Morgan fingerprint density at radius 2 is 1.88 bits per heavy atom. The van der Waals surface area contributed by atoms with Gasteiger partial charge >= 0.3 is 0 Å². The molecule has 5 nitrogen and oxygen atoms in total. The van der Waals surface area contributed by atoms with Gasteiger partial charge in [-0.1, -0.05) is 6.92 Å². The van der Waals surface area contributed by atoms with Gasteiger partial charge in [0.25, 0.3) is 0 Å². The van der Waals surface area contributed by atoms with Crippen LogP contribution in [-0.4, -0.2) is 36.1 Å². The molecule has 1 aromatic heterocycles. The van der Waals surface area contributed by atoms with Gasteiger partial charge in [0.15, 0.2) is 11.6 Å². The van der Waals surface area contributed by atoms with Crippen LogP contribution in [0, 0.1) is 5.82 Å². The van der Waals surface area contributed by atoms with Gasteiger partial charge in [0.1, 0.15) is 6.33 Å². The van der Waals surface area contributed by atoms with E-state index in [1.807, 2.05) is 6.92 Å². The highest BCUT2D eigenvalue weighted by molar-refractivity contribution is 5.41. The Morgan fingerprint density at radius 3 is 2.38 bits per heavy atom. The first-order valence-electron chi connectivity index (χ1n) is 5.39. The summed E-state index contributed by atoms with van der Waals surface area (Å²) in [5, 5.41) is 0. The van der Waals surface area contributed by atoms with Crippen LogP contribution in [0.3, 0.4) is 0 Å². The van der Waals surface area contributed by atoms with E-state index in [-0.39, 0.29) is 5.82 Å². The van der Waals surface area contributed by atoms with Crippen molar-refractivity contribution in [3.63, 3.8) is 0 Å². The molecule has 0 atom stereocenters. The number of anilines is 1. The van der Waals surface area contributed by atoms with Crippen molar-refractivity contribution in [2.75, 3.05) is 31.1 Å².